The van der Waals surface area contributed by atoms with Crippen molar-refractivity contribution in [3.8, 4) is 5.75 Å². The molecule has 2 N–H and O–H groups in total. The fourth-order valence-electron chi connectivity index (χ4n) is 1.59. The zero-order valence-corrected chi connectivity index (χ0v) is 11.4. The lowest BCUT2D eigenvalue weighted by atomic mass is 10.2. The van der Waals surface area contributed by atoms with E-state index in [1.54, 1.807) is 36.4 Å². The van der Waals surface area contributed by atoms with Crippen LogP contribution in [0.1, 0.15) is 5.56 Å². The number of aromatic hydroxyl groups is 1. The third kappa shape index (κ3) is 3.47. The lowest BCUT2D eigenvalue weighted by molar-refractivity contribution is 0.458. The van der Waals surface area contributed by atoms with Gasteiger partial charge in [0.1, 0.15) is 10.6 Å². The first-order valence-corrected chi connectivity index (χ1v) is 7.37. The zero-order chi connectivity index (χ0) is 13.9. The largest absolute Gasteiger partial charge is 0.507 e. The fourth-order valence-corrected chi connectivity index (χ4v) is 2.91. The molecule has 0 saturated carbocycles. The lowest BCUT2D eigenvalue weighted by Gasteiger charge is -2.08. The van der Waals surface area contributed by atoms with Crippen LogP contribution < -0.4 is 4.72 Å². The summed E-state index contributed by atoms with van der Waals surface area (Å²) in [7, 11) is -3.75. The number of benzene rings is 2. The van der Waals surface area contributed by atoms with E-state index in [1.165, 1.54) is 12.1 Å². The van der Waals surface area contributed by atoms with Crippen molar-refractivity contribution in [1.29, 1.82) is 0 Å². The first-order chi connectivity index (χ1) is 8.99. The van der Waals surface area contributed by atoms with E-state index in [0.29, 0.717) is 5.02 Å². The molecule has 0 saturated heterocycles. The first-order valence-electron chi connectivity index (χ1n) is 5.51. The van der Waals surface area contributed by atoms with E-state index in [0.717, 1.165) is 5.56 Å². The Labute approximate surface area is 116 Å². The summed E-state index contributed by atoms with van der Waals surface area (Å²) in [6, 6.07) is 12.7. The molecule has 4 nitrogen and oxygen atoms in total. The minimum atomic E-state index is -3.75. The molecule has 0 aliphatic carbocycles. The molecular formula is C13H12ClNO3S. The van der Waals surface area contributed by atoms with Crippen molar-refractivity contribution in [3.05, 3.63) is 59.1 Å². The van der Waals surface area contributed by atoms with Gasteiger partial charge in [0.15, 0.2) is 0 Å². The second-order valence-electron chi connectivity index (χ2n) is 3.92. The van der Waals surface area contributed by atoms with Crippen LogP contribution in [0.5, 0.6) is 5.75 Å². The van der Waals surface area contributed by atoms with E-state index in [2.05, 4.69) is 4.72 Å². The highest BCUT2D eigenvalue weighted by molar-refractivity contribution is 7.89. The standard InChI is InChI=1S/C13H12ClNO3S/c14-11-5-3-4-10(8-11)9-15-19(17,18)13-7-2-1-6-12(13)16/h1-8,15-16H,9H2. The Balaban J connectivity index is 2.17. The van der Waals surface area contributed by atoms with Crippen molar-refractivity contribution < 1.29 is 13.5 Å². The van der Waals surface area contributed by atoms with Gasteiger partial charge in [-0.3, -0.25) is 0 Å². The molecule has 6 heteroatoms. The van der Waals surface area contributed by atoms with Gasteiger partial charge in [0, 0.05) is 11.6 Å². The Bertz CT molecular complexity index is 686. The van der Waals surface area contributed by atoms with Crippen LogP contribution in [-0.2, 0) is 16.6 Å². The van der Waals surface area contributed by atoms with E-state index in [4.69, 9.17) is 11.6 Å². The normalized spacial score (nSPS) is 11.4. The number of halogens is 1. The number of para-hydroxylation sites is 1. The molecule has 0 aliphatic rings. The topological polar surface area (TPSA) is 66.4 Å². The summed E-state index contributed by atoms with van der Waals surface area (Å²) < 4.78 is 26.4. The van der Waals surface area contributed by atoms with E-state index in [9.17, 15) is 13.5 Å². The summed E-state index contributed by atoms with van der Waals surface area (Å²) in [5.41, 5.74) is 0.742. The fraction of sp³-hybridized carbons (Fsp3) is 0.0769. The molecule has 0 heterocycles. The minimum Gasteiger partial charge on any atom is -0.507 e. The Morgan fingerprint density at radius 2 is 1.84 bits per heavy atom. The van der Waals surface area contributed by atoms with E-state index in [-0.39, 0.29) is 17.2 Å². The van der Waals surface area contributed by atoms with Crippen LogP contribution >= 0.6 is 11.6 Å². The van der Waals surface area contributed by atoms with Crippen LogP contribution in [0.25, 0.3) is 0 Å². The minimum absolute atomic E-state index is 0.108. The van der Waals surface area contributed by atoms with Gasteiger partial charge in [0.25, 0.3) is 0 Å². The third-order valence-electron chi connectivity index (χ3n) is 2.51. The first kappa shape index (κ1) is 13.9. The van der Waals surface area contributed by atoms with E-state index >= 15 is 0 Å². The van der Waals surface area contributed by atoms with Gasteiger partial charge in [-0.1, -0.05) is 35.9 Å². The Morgan fingerprint density at radius 1 is 1.11 bits per heavy atom. The van der Waals surface area contributed by atoms with Crippen LogP contribution in [0.4, 0.5) is 0 Å². The molecule has 0 unspecified atom stereocenters. The van der Waals surface area contributed by atoms with Crippen LogP contribution in [0.2, 0.25) is 5.02 Å². The smallest absolute Gasteiger partial charge is 0.244 e. The highest BCUT2D eigenvalue weighted by Gasteiger charge is 2.17. The average molecular weight is 298 g/mol. The van der Waals surface area contributed by atoms with Gasteiger partial charge < -0.3 is 5.11 Å². The van der Waals surface area contributed by atoms with Crippen LogP contribution in [0.15, 0.2) is 53.4 Å². The maximum Gasteiger partial charge on any atom is 0.244 e. The predicted molar refractivity (Wildman–Crippen MR) is 73.6 cm³/mol. The Hall–Kier alpha value is -1.56. The van der Waals surface area contributed by atoms with Gasteiger partial charge in [-0.15, -0.1) is 0 Å². The van der Waals surface area contributed by atoms with Crippen LogP contribution in [-0.4, -0.2) is 13.5 Å². The summed E-state index contributed by atoms with van der Waals surface area (Å²) in [6.07, 6.45) is 0. The number of nitrogens with one attached hydrogen (secondary N) is 1. The van der Waals surface area contributed by atoms with Crippen molar-refractivity contribution in [3.63, 3.8) is 0 Å². The maximum atomic E-state index is 12.0. The van der Waals surface area contributed by atoms with Crippen molar-refractivity contribution in [1.82, 2.24) is 4.72 Å². The highest BCUT2D eigenvalue weighted by Crippen LogP contribution is 2.21. The molecular weight excluding hydrogens is 286 g/mol. The molecule has 0 atom stereocenters. The number of phenols is 1. The predicted octanol–water partition coefficient (Wildman–Crippen LogP) is 2.52. The molecule has 0 aliphatic heterocycles. The molecule has 100 valence electrons. The summed E-state index contributed by atoms with van der Waals surface area (Å²) in [6.45, 7) is 0.108. The molecule has 2 rings (SSSR count). The van der Waals surface area contributed by atoms with E-state index in [1.807, 2.05) is 0 Å². The SMILES string of the molecule is O=S(=O)(NCc1cccc(Cl)c1)c1ccccc1O. The molecule has 0 amide bonds. The Kier molecular flexibility index (Phi) is 4.09. The quantitative estimate of drug-likeness (QED) is 0.911. The third-order valence-corrected chi connectivity index (χ3v) is 4.19. The molecule has 0 aromatic heterocycles. The Morgan fingerprint density at radius 3 is 2.53 bits per heavy atom. The lowest BCUT2D eigenvalue weighted by Crippen LogP contribution is -2.23. The van der Waals surface area contributed by atoms with Gasteiger partial charge in [0.05, 0.1) is 0 Å². The number of hydrogen-bond acceptors (Lipinski definition) is 3. The van der Waals surface area contributed by atoms with Crippen LogP contribution in [0, 0.1) is 0 Å². The van der Waals surface area contributed by atoms with Crippen LogP contribution in [0.3, 0.4) is 0 Å². The monoisotopic (exact) mass is 297 g/mol. The van der Waals surface area contributed by atoms with Gasteiger partial charge >= 0.3 is 0 Å². The average Bonchev–Trinajstić information content (AvgIpc) is 2.37. The van der Waals surface area contributed by atoms with Crippen molar-refractivity contribution >= 4 is 21.6 Å². The number of sulfonamides is 1. The molecule has 2 aromatic rings. The zero-order valence-electron chi connectivity index (χ0n) is 9.88. The second-order valence-corrected chi connectivity index (χ2v) is 6.09. The molecule has 2 aromatic carbocycles. The molecule has 0 bridgehead atoms. The molecule has 0 fully saturated rings. The van der Waals surface area contributed by atoms with E-state index < -0.39 is 10.0 Å². The van der Waals surface area contributed by atoms with Gasteiger partial charge in [0.2, 0.25) is 10.0 Å². The summed E-state index contributed by atoms with van der Waals surface area (Å²) in [5, 5.41) is 10.1. The van der Waals surface area contributed by atoms with Crippen molar-refractivity contribution in [2.75, 3.05) is 0 Å². The second kappa shape index (κ2) is 5.61. The van der Waals surface area contributed by atoms with Crippen molar-refractivity contribution in [2.45, 2.75) is 11.4 Å². The molecule has 0 radical (unpaired) electrons. The number of rotatable bonds is 4. The van der Waals surface area contributed by atoms with Gasteiger partial charge in [-0.2, -0.15) is 0 Å². The van der Waals surface area contributed by atoms with Gasteiger partial charge in [-0.25, -0.2) is 13.1 Å². The van der Waals surface area contributed by atoms with Gasteiger partial charge in [-0.05, 0) is 29.8 Å². The summed E-state index contributed by atoms with van der Waals surface area (Å²) >= 11 is 5.82. The number of hydrogen-bond donors (Lipinski definition) is 2. The summed E-state index contributed by atoms with van der Waals surface area (Å²) in [5.74, 6) is -0.277. The highest BCUT2D eigenvalue weighted by atomic mass is 35.5. The summed E-state index contributed by atoms with van der Waals surface area (Å²) in [4.78, 5) is -0.142. The number of phenolic OH excluding ortho intramolecular Hbond substituents is 1. The van der Waals surface area contributed by atoms with Crippen molar-refractivity contribution in [2.24, 2.45) is 0 Å². The maximum absolute atomic E-state index is 12.0. The molecule has 19 heavy (non-hydrogen) atoms. The molecule has 0 spiro atoms.